The first-order valence-corrected chi connectivity index (χ1v) is 10.3. The molecule has 164 valence electrons. The van der Waals surface area contributed by atoms with Crippen LogP contribution in [0.3, 0.4) is 0 Å². The zero-order valence-corrected chi connectivity index (χ0v) is 17.5. The SMILES string of the molecule is COc1cc(-c2c(F)c(F)c(F)c(F)c2-c2ccccc2S(N)(=O)=O)cc(OC)c1Cl. The van der Waals surface area contributed by atoms with Crippen molar-refractivity contribution in [1.29, 1.82) is 0 Å². The third-order valence-corrected chi connectivity index (χ3v) is 5.81. The van der Waals surface area contributed by atoms with Crippen LogP contribution in [0.4, 0.5) is 17.6 Å². The van der Waals surface area contributed by atoms with E-state index in [4.69, 9.17) is 26.2 Å². The summed E-state index contributed by atoms with van der Waals surface area (Å²) in [6, 6.07) is 6.98. The first kappa shape index (κ1) is 22.9. The molecule has 3 aromatic carbocycles. The van der Waals surface area contributed by atoms with E-state index in [-0.39, 0.29) is 22.1 Å². The number of hydrogen-bond donors (Lipinski definition) is 1. The molecule has 0 aliphatic carbocycles. The first-order valence-electron chi connectivity index (χ1n) is 8.42. The predicted octanol–water partition coefficient (Wildman–Crippen LogP) is 4.90. The maximum absolute atomic E-state index is 15.0. The zero-order chi connectivity index (χ0) is 23.1. The van der Waals surface area contributed by atoms with Gasteiger partial charge in [-0.15, -0.1) is 0 Å². The quantitative estimate of drug-likeness (QED) is 0.323. The Balaban J connectivity index is 2.54. The third kappa shape index (κ3) is 3.93. The minimum absolute atomic E-state index is 0.0105. The Labute approximate surface area is 180 Å². The molecule has 0 fully saturated rings. The molecule has 0 unspecified atom stereocenters. The van der Waals surface area contributed by atoms with Crippen LogP contribution in [-0.4, -0.2) is 22.6 Å². The van der Waals surface area contributed by atoms with Gasteiger partial charge in [-0.25, -0.2) is 31.1 Å². The van der Waals surface area contributed by atoms with E-state index >= 15 is 0 Å². The van der Waals surface area contributed by atoms with Gasteiger partial charge < -0.3 is 9.47 Å². The minimum atomic E-state index is -4.44. The fourth-order valence-corrected chi connectivity index (χ4v) is 4.10. The van der Waals surface area contributed by atoms with E-state index in [0.29, 0.717) is 0 Å². The molecule has 0 aliphatic heterocycles. The lowest BCUT2D eigenvalue weighted by Crippen LogP contribution is -2.14. The van der Waals surface area contributed by atoms with Crippen LogP contribution in [0.15, 0.2) is 41.3 Å². The van der Waals surface area contributed by atoms with Gasteiger partial charge in [-0.1, -0.05) is 29.8 Å². The van der Waals surface area contributed by atoms with Crippen molar-refractivity contribution in [2.75, 3.05) is 14.2 Å². The van der Waals surface area contributed by atoms with E-state index in [2.05, 4.69) is 0 Å². The Kier molecular flexibility index (Phi) is 6.17. The van der Waals surface area contributed by atoms with E-state index in [1.165, 1.54) is 26.4 Å². The second-order valence-electron chi connectivity index (χ2n) is 6.24. The van der Waals surface area contributed by atoms with E-state index in [1.807, 2.05) is 0 Å². The topological polar surface area (TPSA) is 78.6 Å². The van der Waals surface area contributed by atoms with Crippen molar-refractivity contribution in [1.82, 2.24) is 0 Å². The molecule has 0 saturated heterocycles. The zero-order valence-electron chi connectivity index (χ0n) is 16.0. The minimum Gasteiger partial charge on any atom is -0.495 e. The van der Waals surface area contributed by atoms with Gasteiger partial charge in [0.15, 0.2) is 23.3 Å². The second kappa shape index (κ2) is 8.37. The van der Waals surface area contributed by atoms with Gasteiger partial charge in [0.05, 0.1) is 19.1 Å². The van der Waals surface area contributed by atoms with Gasteiger partial charge >= 0.3 is 0 Å². The molecular weight excluding hydrogens is 462 g/mol. The molecular formula is C20H14ClF4NO4S. The van der Waals surface area contributed by atoms with Crippen LogP contribution in [0.2, 0.25) is 5.02 Å². The Morgan fingerprint density at radius 2 is 1.32 bits per heavy atom. The molecule has 0 aromatic heterocycles. The predicted molar refractivity (Wildman–Crippen MR) is 107 cm³/mol. The molecule has 2 N–H and O–H groups in total. The van der Waals surface area contributed by atoms with Crippen molar-refractivity contribution in [2.45, 2.75) is 4.90 Å². The molecule has 0 radical (unpaired) electrons. The molecule has 0 saturated carbocycles. The number of methoxy groups -OCH3 is 2. The Bertz CT molecular complexity index is 1270. The van der Waals surface area contributed by atoms with Crippen molar-refractivity contribution in [3.8, 4) is 33.8 Å². The highest BCUT2D eigenvalue weighted by Crippen LogP contribution is 2.45. The summed E-state index contributed by atoms with van der Waals surface area (Å²) < 4.78 is 92.5. The summed E-state index contributed by atoms with van der Waals surface area (Å²) in [4.78, 5) is -0.617. The normalized spacial score (nSPS) is 11.5. The molecule has 11 heteroatoms. The summed E-state index contributed by atoms with van der Waals surface area (Å²) in [7, 11) is -1.96. The lowest BCUT2D eigenvalue weighted by Gasteiger charge is -2.18. The van der Waals surface area contributed by atoms with Crippen LogP contribution in [0.25, 0.3) is 22.3 Å². The van der Waals surface area contributed by atoms with Crippen molar-refractivity contribution in [3.63, 3.8) is 0 Å². The summed E-state index contributed by atoms with van der Waals surface area (Å²) in [6.07, 6.45) is 0. The van der Waals surface area contributed by atoms with Crippen LogP contribution in [0.1, 0.15) is 0 Å². The summed E-state index contributed by atoms with van der Waals surface area (Å²) in [6.45, 7) is 0. The first-order chi connectivity index (χ1) is 14.5. The third-order valence-electron chi connectivity index (χ3n) is 4.46. The van der Waals surface area contributed by atoms with Gasteiger partial charge in [-0.3, -0.25) is 0 Å². The van der Waals surface area contributed by atoms with Crippen molar-refractivity contribution in [3.05, 3.63) is 64.7 Å². The van der Waals surface area contributed by atoms with Gasteiger partial charge in [-0.2, -0.15) is 0 Å². The average Bonchev–Trinajstić information content (AvgIpc) is 2.74. The lowest BCUT2D eigenvalue weighted by atomic mass is 9.92. The highest BCUT2D eigenvalue weighted by Gasteiger charge is 2.30. The molecule has 31 heavy (non-hydrogen) atoms. The number of hydrogen-bond acceptors (Lipinski definition) is 4. The van der Waals surface area contributed by atoms with Crippen LogP contribution in [0.5, 0.6) is 11.5 Å². The smallest absolute Gasteiger partial charge is 0.238 e. The van der Waals surface area contributed by atoms with Gasteiger partial charge in [0.25, 0.3) is 0 Å². The number of halogens is 5. The number of ether oxygens (including phenoxy) is 2. The van der Waals surface area contributed by atoms with Gasteiger partial charge in [0, 0.05) is 16.7 Å². The largest absolute Gasteiger partial charge is 0.495 e. The molecule has 5 nitrogen and oxygen atoms in total. The number of benzene rings is 3. The van der Waals surface area contributed by atoms with Crippen LogP contribution >= 0.6 is 11.6 Å². The molecule has 0 heterocycles. The monoisotopic (exact) mass is 475 g/mol. The van der Waals surface area contributed by atoms with Gasteiger partial charge in [-0.05, 0) is 23.8 Å². The molecule has 3 aromatic rings. The maximum Gasteiger partial charge on any atom is 0.238 e. The highest BCUT2D eigenvalue weighted by atomic mass is 35.5. The Morgan fingerprint density at radius 1 is 0.839 bits per heavy atom. The molecule has 0 aliphatic rings. The second-order valence-corrected chi connectivity index (χ2v) is 8.15. The standard InChI is InChI=1S/C20H14ClF4NO4S/c1-29-11-7-9(8-12(30-2)16(11)21)14-15(18(23)20(25)19(24)17(14)22)10-5-3-4-6-13(10)31(26,27)28/h3-8H,1-2H3,(H2,26,27,28). The highest BCUT2D eigenvalue weighted by molar-refractivity contribution is 7.89. The number of sulfonamides is 1. The van der Waals surface area contributed by atoms with Crippen molar-refractivity contribution < 1.29 is 35.5 Å². The van der Waals surface area contributed by atoms with Crippen molar-refractivity contribution in [2.24, 2.45) is 5.14 Å². The summed E-state index contributed by atoms with van der Waals surface area (Å²) in [5, 5.41) is 5.17. The van der Waals surface area contributed by atoms with E-state index < -0.39 is 54.9 Å². The molecule has 0 spiro atoms. The Morgan fingerprint density at radius 3 is 1.81 bits per heavy atom. The summed E-state index contributed by atoms with van der Waals surface area (Å²) >= 11 is 6.09. The molecule has 0 atom stereocenters. The van der Waals surface area contributed by atoms with Crippen LogP contribution in [0, 0.1) is 23.3 Å². The van der Waals surface area contributed by atoms with E-state index in [9.17, 15) is 26.0 Å². The molecule has 0 amide bonds. The fraction of sp³-hybridized carbons (Fsp3) is 0.100. The van der Waals surface area contributed by atoms with Crippen LogP contribution in [-0.2, 0) is 10.0 Å². The van der Waals surface area contributed by atoms with Gasteiger partial charge in [0.1, 0.15) is 16.5 Å². The molecule has 3 rings (SSSR count). The number of nitrogens with two attached hydrogens (primary N) is 1. The Hall–Kier alpha value is -2.82. The van der Waals surface area contributed by atoms with E-state index in [1.54, 1.807) is 0 Å². The number of rotatable bonds is 5. The summed E-state index contributed by atoms with van der Waals surface area (Å²) in [5.41, 5.74) is -2.32. The van der Waals surface area contributed by atoms with Crippen molar-refractivity contribution >= 4 is 21.6 Å². The average molecular weight is 476 g/mol. The molecule has 0 bridgehead atoms. The van der Waals surface area contributed by atoms with Gasteiger partial charge in [0.2, 0.25) is 10.0 Å². The van der Waals surface area contributed by atoms with Crippen LogP contribution < -0.4 is 14.6 Å². The number of primary sulfonamides is 1. The van der Waals surface area contributed by atoms with E-state index in [0.717, 1.165) is 24.3 Å². The maximum atomic E-state index is 15.0. The fourth-order valence-electron chi connectivity index (χ4n) is 3.09. The lowest BCUT2D eigenvalue weighted by molar-refractivity contribution is 0.394. The summed E-state index contributed by atoms with van der Waals surface area (Å²) in [5.74, 6) is -7.84.